The van der Waals surface area contributed by atoms with Crippen LogP contribution in [-0.4, -0.2) is 44.6 Å². The second-order valence-electron chi connectivity index (χ2n) is 1.90. The first-order valence-electron chi connectivity index (χ1n) is 3.34. The molecule has 0 amide bonds. The van der Waals surface area contributed by atoms with Crippen molar-refractivity contribution in [3.63, 3.8) is 0 Å². The maximum atomic E-state index is 8.40. The zero-order valence-corrected chi connectivity index (χ0v) is 8.49. The van der Waals surface area contributed by atoms with Gasteiger partial charge in [0, 0.05) is 0 Å². The van der Waals surface area contributed by atoms with Gasteiger partial charge in [-0.3, -0.25) is 0 Å². The van der Waals surface area contributed by atoms with Crippen molar-refractivity contribution < 1.29 is 10.2 Å². The first-order valence-corrected chi connectivity index (χ1v) is 7.38. The molecule has 0 spiro atoms. The zero-order valence-electron chi connectivity index (χ0n) is 5.64. The van der Waals surface area contributed by atoms with E-state index in [1.165, 1.54) is 8.87 Å². The molecular weight excluding hydrogens is 223 g/mol. The maximum absolute atomic E-state index is 8.40. The van der Waals surface area contributed by atoms with Crippen molar-refractivity contribution >= 4 is 21.1 Å². The van der Waals surface area contributed by atoms with E-state index in [2.05, 4.69) is 0 Å². The van der Waals surface area contributed by atoms with Crippen LogP contribution in [0.15, 0.2) is 0 Å². The first kappa shape index (κ1) is 9.72. The summed E-state index contributed by atoms with van der Waals surface area (Å²) in [6.45, 7) is 0.694. The summed E-state index contributed by atoms with van der Waals surface area (Å²) >= 11 is -0.171. The fourth-order valence-corrected chi connectivity index (χ4v) is 3.58. The van der Waals surface area contributed by atoms with Crippen molar-refractivity contribution in [3.8, 4) is 0 Å². The summed E-state index contributed by atoms with van der Waals surface area (Å²) in [5.74, 6) is 0. The Kier molecular flexibility index (Phi) is 9.41. The van der Waals surface area contributed by atoms with Crippen LogP contribution in [0.3, 0.4) is 0 Å². The molecule has 0 saturated carbocycles. The van der Waals surface area contributed by atoms with E-state index in [1.807, 2.05) is 0 Å². The Balaban J connectivity index is 2.60. The Bertz CT molecular complexity index is 44.3. The van der Waals surface area contributed by atoms with Crippen LogP contribution >= 0.6 is 0 Å². The van der Waals surface area contributed by atoms with Crippen LogP contribution in [0, 0.1) is 0 Å². The van der Waals surface area contributed by atoms with Crippen molar-refractivity contribution in [1.29, 1.82) is 0 Å². The van der Waals surface area contributed by atoms with Gasteiger partial charge in [-0.05, 0) is 0 Å². The third-order valence-electron chi connectivity index (χ3n) is 1.02. The van der Waals surface area contributed by atoms with Crippen LogP contribution in [0.1, 0.15) is 12.8 Å². The van der Waals surface area contributed by atoms with Crippen molar-refractivity contribution in [1.82, 2.24) is 0 Å². The second-order valence-corrected chi connectivity index (χ2v) is 6.19. The quantitative estimate of drug-likeness (QED) is 0.514. The van der Waals surface area contributed by atoms with Gasteiger partial charge in [-0.25, -0.2) is 0 Å². The molecular formula is C6H14O2Sn. The van der Waals surface area contributed by atoms with Gasteiger partial charge in [-0.1, -0.05) is 0 Å². The number of aliphatic hydroxyl groups is 2. The van der Waals surface area contributed by atoms with Gasteiger partial charge >= 0.3 is 66.3 Å². The van der Waals surface area contributed by atoms with E-state index in [0.717, 1.165) is 12.8 Å². The summed E-state index contributed by atoms with van der Waals surface area (Å²) in [5, 5.41) is 16.8. The molecule has 0 saturated heterocycles. The molecule has 0 aromatic carbocycles. The van der Waals surface area contributed by atoms with E-state index in [-0.39, 0.29) is 21.1 Å². The Morgan fingerprint density at radius 3 is 1.67 bits per heavy atom. The standard InChI is InChI=1S/2C3H7O.Sn/c2*1-2-3-4;/h2*4H,1-3H2;. The topological polar surface area (TPSA) is 40.5 Å². The average molecular weight is 237 g/mol. The van der Waals surface area contributed by atoms with Gasteiger partial charge in [0.1, 0.15) is 0 Å². The van der Waals surface area contributed by atoms with E-state index >= 15 is 0 Å². The molecule has 0 fully saturated rings. The molecule has 0 aliphatic carbocycles. The zero-order chi connectivity index (χ0) is 6.95. The molecule has 9 heavy (non-hydrogen) atoms. The van der Waals surface area contributed by atoms with Crippen molar-refractivity contribution in [2.24, 2.45) is 0 Å². The minimum atomic E-state index is -0.171. The summed E-state index contributed by atoms with van der Waals surface area (Å²) in [6, 6.07) is 0. The van der Waals surface area contributed by atoms with E-state index in [1.54, 1.807) is 0 Å². The van der Waals surface area contributed by atoms with E-state index < -0.39 is 0 Å². The van der Waals surface area contributed by atoms with E-state index in [4.69, 9.17) is 10.2 Å². The molecule has 2 radical (unpaired) electrons. The number of hydrogen-bond donors (Lipinski definition) is 2. The van der Waals surface area contributed by atoms with Crippen molar-refractivity contribution in [3.05, 3.63) is 0 Å². The summed E-state index contributed by atoms with van der Waals surface area (Å²) in [7, 11) is 0. The number of hydrogen-bond acceptors (Lipinski definition) is 2. The SMILES string of the molecule is OCC[CH2][Sn][CH2]CCO. The average Bonchev–Trinajstić information content (AvgIpc) is 1.89. The predicted octanol–water partition coefficient (Wildman–Crippen LogP) is 0.292. The van der Waals surface area contributed by atoms with E-state index in [0.29, 0.717) is 13.2 Å². The number of aliphatic hydroxyl groups excluding tert-OH is 2. The van der Waals surface area contributed by atoms with Gasteiger partial charge in [0.2, 0.25) is 0 Å². The molecule has 0 heterocycles. The molecule has 54 valence electrons. The summed E-state index contributed by atoms with van der Waals surface area (Å²) in [4.78, 5) is 0. The van der Waals surface area contributed by atoms with Gasteiger partial charge in [0.25, 0.3) is 0 Å². The Hall–Kier alpha value is 0.719. The Morgan fingerprint density at radius 2 is 1.33 bits per heavy atom. The predicted molar refractivity (Wildman–Crippen MR) is 38.8 cm³/mol. The second kappa shape index (κ2) is 8.72. The van der Waals surface area contributed by atoms with Crippen LogP contribution in [0.4, 0.5) is 0 Å². The summed E-state index contributed by atoms with van der Waals surface area (Å²) < 4.78 is 2.53. The summed E-state index contributed by atoms with van der Waals surface area (Å²) in [6.07, 6.45) is 1.97. The minimum absolute atomic E-state index is 0.171. The molecule has 0 aromatic heterocycles. The Labute approximate surface area is 66.5 Å². The van der Waals surface area contributed by atoms with Gasteiger partial charge in [-0.2, -0.15) is 0 Å². The van der Waals surface area contributed by atoms with Crippen molar-refractivity contribution in [2.45, 2.75) is 21.7 Å². The van der Waals surface area contributed by atoms with Crippen LogP contribution in [0.25, 0.3) is 0 Å². The normalized spacial score (nSPS) is 10.0. The molecule has 0 aliphatic heterocycles. The van der Waals surface area contributed by atoms with Gasteiger partial charge in [-0.15, -0.1) is 0 Å². The van der Waals surface area contributed by atoms with Crippen LogP contribution < -0.4 is 0 Å². The van der Waals surface area contributed by atoms with Crippen LogP contribution in [-0.2, 0) is 0 Å². The van der Waals surface area contributed by atoms with Crippen molar-refractivity contribution in [2.75, 3.05) is 13.2 Å². The molecule has 2 N–H and O–H groups in total. The summed E-state index contributed by atoms with van der Waals surface area (Å²) in [5.41, 5.74) is 0. The molecule has 0 aliphatic rings. The fourth-order valence-electron chi connectivity index (χ4n) is 0.533. The third-order valence-corrected chi connectivity index (χ3v) is 5.06. The molecule has 0 atom stereocenters. The third kappa shape index (κ3) is 8.72. The van der Waals surface area contributed by atoms with Gasteiger partial charge in [0.15, 0.2) is 0 Å². The monoisotopic (exact) mass is 238 g/mol. The van der Waals surface area contributed by atoms with E-state index in [9.17, 15) is 0 Å². The van der Waals surface area contributed by atoms with Gasteiger partial charge < -0.3 is 0 Å². The molecule has 0 rings (SSSR count). The molecule has 3 heteroatoms. The molecule has 0 unspecified atom stereocenters. The Morgan fingerprint density at radius 1 is 0.889 bits per heavy atom. The molecule has 0 bridgehead atoms. The van der Waals surface area contributed by atoms with Crippen LogP contribution in [0.5, 0.6) is 0 Å². The number of rotatable bonds is 6. The van der Waals surface area contributed by atoms with Gasteiger partial charge in [0.05, 0.1) is 0 Å². The molecule has 2 nitrogen and oxygen atoms in total. The molecule has 0 aromatic rings. The van der Waals surface area contributed by atoms with Crippen LogP contribution in [0.2, 0.25) is 8.87 Å². The fraction of sp³-hybridized carbons (Fsp3) is 1.00. The first-order chi connectivity index (χ1) is 4.41.